The molecule has 1 saturated heterocycles. The average Bonchev–Trinajstić information content (AvgIpc) is 2.68. The van der Waals surface area contributed by atoms with E-state index in [0.29, 0.717) is 25.2 Å². The first-order chi connectivity index (χ1) is 13.5. The van der Waals surface area contributed by atoms with E-state index in [-0.39, 0.29) is 15.5 Å². The van der Waals surface area contributed by atoms with Crippen molar-refractivity contribution in [3.63, 3.8) is 0 Å². The number of alkyl halides is 3. The number of sulfonamides is 2. The van der Waals surface area contributed by atoms with E-state index in [2.05, 4.69) is 4.72 Å². The fourth-order valence-electron chi connectivity index (χ4n) is 3.01. The largest absolute Gasteiger partial charge is 0.416 e. The number of nitrogens with zero attached hydrogens (tertiary/aromatic N) is 1. The Morgan fingerprint density at radius 1 is 0.828 bits per heavy atom. The number of hydrogen-bond donors (Lipinski definition) is 1. The van der Waals surface area contributed by atoms with E-state index in [1.165, 1.54) is 28.6 Å². The van der Waals surface area contributed by atoms with Gasteiger partial charge >= 0.3 is 6.18 Å². The Kier molecular flexibility index (Phi) is 5.93. The summed E-state index contributed by atoms with van der Waals surface area (Å²) in [7, 11) is -7.94. The Morgan fingerprint density at radius 3 is 2.03 bits per heavy atom. The van der Waals surface area contributed by atoms with Gasteiger partial charge in [-0.1, -0.05) is 12.5 Å². The molecule has 29 heavy (non-hydrogen) atoms. The van der Waals surface area contributed by atoms with Crippen LogP contribution in [0.4, 0.5) is 18.9 Å². The zero-order valence-corrected chi connectivity index (χ0v) is 16.8. The molecule has 1 aliphatic rings. The molecule has 1 heterocycles. The van der Waals surface area contributed by atoms with Crippen molar-refractivity contribution in [1.29, 1.82) is 0 Å². The van der Waals surface area contributed by atoms with Crippen molar-refractivity contribution in [1.82, 2.24) is 4.31 Å². The molecule has 0 aliphatic carbocycles. The third kappa shape index (κ3) is 4.90. The number of hydrogen-bond acceptors (Lipinski definition) is 4. The van der Waals surface area contributed by atoms with Crippen LogP contribution in [0.1, 0.15) is 24.8 Å². The Morgan fingerprint density at radius 2 is 1.45 bits per heavy atom. The number of benzene rings is 2. The third-order valence-corrected chi connectivity index (χ3v) is 7.82. The molecular weight excluding hydrogens is 429 g/mol. The van der Waals surface area contributed by atoms with Crippen LogP contribution in [0.25, 0.3) is 0 Å². The van der Waals surface area contributed by atoms with Crippen LogP contribution >= 0.6 is 0 Å². The molecule has 158 valence electrons. The molecule has 2 aromatic rings. The highest BCUT2D eigenvalue weighted by atomic mass is 32.2. The monoisotopic (exact) mass is 448 g/mol. The number of anilines is 1. The summed E-state index contributed by atoms with van der Waals surface area (Å²) in [5.74, 6) is 0. The summed E-state index contributed by atoms with van der Waals surface area (Å²) in [4.78, 5) is -0.415. The molecule has 0 atom stereocenters. The smallest absolute Gasteiger partial charge is 0.280 e. The van der Waals surface area contributed by atoms with Gasteiger partial charge in [-0.2, -0.15) is 17.5 Å². The van der Waals surface area contributed by atoms with Gasteiger partial charge in [0, 0.05) is 13.1 Å². The lowest BCUT2D eigenvalue weighted by atomic mass is 10.2. The Labute approximate surface area is 167 Å². The average molecular weight is 448 g/mol. The zero-order valence-electron chi connectivity index (χ0n) is 15.2. The molecule has 6 nitrogen and oxygen atoms in total. The van der Waals surface area contributed by atoms with Crippen LogP contribution in [0.15, 0.2) is 58.3 Å². The van der Waals surface area contributed by atoms with E-state index in [4.69, 9.17) is 0 Å². The lowest BCUT2D eigenvalue weighted by Crippen LogP contribution is -2.35. The van der Waals surface area contributed by atoms with Crippen molar-refractivity contribution in [2.45, 2.75) is 35.2 Å². The molecule has 0 radical (unpaired) electrons. The second kappa shape index (κ2) is 7.96. The van der Waals surface area contributed by atoms with E-state index >= 15 is 0 Å². The van der Waals surface area contributed by atoms with Crippen LogP contribution in [0.5, 0.6) is 0 Å². The first kappa shape index (κ1) is 21.6. The molecule has 0 aromatic heterocycles. The lowest BCUT2D eigenvalue weighted by Gasteiger charge is -2.26. The first-order valence-corrected chi connectivity index (χ1v) is 11.7. The molecular formula is C18H19F3N2O4S2. The van der Waals surface area contributed by atoms with Crippen molar-refractivity contribution in [2.24, 2.45) is 0 Å². The number of piperidine rings is 1. The van der Waals surface area contributed by atoms with E-state index in [9.17, 15) is 30.0 Å². The van der Waals surface area contributed by atoms with Gasteiger partial charge in [-0.3, -0.25) is 4.72 Å². The molecule has 0 unspecified atom stereocenters. The van der Waals surface area contributed by atoms with Gasteiger partial charge in [-0.15, -0.1) is 0 Å². The van der Waals surface area contributed by atoms with Crippen LogP contribution in [0, 0.1) is 0 Å². The van der Waals surface area contributed by atoms with Gasteiger partial charge in [-0.25, -0.2) is 16.8 Å². The molecule has 1 fully saturated rings. The van der Waals surface area contributed by atoms with Crippen LogP contribution < -0.4 is 4.72 Å². The van der Waals surface area contributed by atoms with Gasteiger partial charge in [0.25, 0.3) is 10.0 Å². The second-order valence-corrected chi connectivity index (χ2v) is 10.2. The summed E-state index contributed by atoms with van der Waals surface area (Å²) in [5.41, 5.74) is -0.964. The summed E-state index contributed by atoms with van der Waals surface area (Å²) in [6, 6.07) is 8.39. The topological polar surface area (TPSA) is 83.5 Å². The highest BCUT2D eigenvalue weighted by Gasteiger charge is 2.31. The normalized spacial score (nSPS) is 16.5. The maximum absolute atomic E-state index is 12.7. The number of halogens is 3. The molecule has 2 aromatic carbocycles. The van der Waals surface area contributed by atoms with Crippen LogP contribution in [-0.2, 0) is 26.2 Å². The number of nitrogens with one attached hydrogen (secondary N) is 1. The Hall–Kier alpha value is -2.11. The van der Waals surface area contributed by atoms with Gasteiger partial charge in [-0.05, 0) is 55.3 Å². The highest BCUT2D eigenvalue weighted by molar-refractivity contribution is 7.92. The molecule has 0 spiro atoms. The van der Waals surface area contributed by atoms with Crippen LogP contribution in [0.2, 0.25) is 0 Å². The van der Waals surface area contributed by atoms with Crippen molar-refractivity contribution in [2.75, 3.05) is 17.8 Å². The maximum Gasteiger partial charge on any atom is 0.416 e. The predicted octanol–water partition coefficient (Wildman–Crippen LogP) is 3.68. The Balaban J connectivity index is 1.84. The van der Waals surface area contributed by atoms with Crippen molar-refractivity contribution < 1.29 is 30.0 Å². The van der Waals surface area contributed by atoms with E-state index in [1.807, 2.05) is 0 Å². The summed E-state index contributed by atoms with van der Waals surface area (Å²) in [6.07, 6.45) is -2.09. The standard InChI is InChI=1S/C18H19F3N2O4S2/c19-18(20,21)14-7-9-16(10-8-14)28(24,25)22-15-5-4-6-17(13-15)29(26,27)23-11-2-1-3-12-23/h4-10,13,22H,1-3,11-12H2. The zero-order chi connectivity index (χ0) is 21.3. The van der Waals surface area contributed by atoms with Crippen molar-refractivity contribution in [3.8, 4) is 0 Å². The SMILES string of the molecule is O=S(=O)(Nc1cccc(S(=O)(=O)N2CCCCC2)c1)c1ccc(C(F)(F)F)cc1. The van der Waals surface area contributed by atoms with Crippen molar-refractivity contribution in [3.05, 3.63) is 54.1 Å². The molecule has 0 saturated carbocycles. The lowest BCUT2D eigenvalue weighted by molar-refractivity contribution is -0.137. The van der Waals surface area contributed by atoms with Gasteiger partial charge in [0.05, 0.1) is 21.0 Å². The summed E-state index contributed by atoms with van der Waals surface area (Å²) in [6.45, 7) is 0.813. The van der Waals surface area contributed by atoms with Crippen molar-refractivity contribution >= 4 is 25.7 Å². The fraction of sp³-hybridized carbons (Fsp3) is 0.333. The molecule has 11 heteroatoms. The quantitative estimate of drug-likeness (QED) is 0.756. The summed E-state index contributed by atoms with van der Waals surface area (Å²) in [5, 5.41) is 0. The Bertz CT molecular complexity index is 1080. The van der Waals surface area contributed by atoms with Gasteiger partial charge in [0.1, 0.15) is 0 Å². The molecule has 1 aliphatic heterocycles. The minimum atomic E-state index is -4.58. The number of rotatable bonds is 5. The van der Waals surface area contributed by atoms with Gasteiger partial charge in [0.2, 0.25) is 10.0 Å². The first-order valence-electron chi connectivity index (χ1n) is 8.80. The summed E-state index contributed by atoms with van der Waals surface area (Å²) < 4.78 is 92.0. The molecule has 1 N–H and O–H groups in total. The van der Waals surface area contributed by atoms with Gasteiger partial charge < -0.3 is 0 Å². The second-order valence-electron chi connectivity index (χ2n) is 6.62. The highest BCUT2D eigenvalue weighted by Crippen LogP contribution is 2.30. The summed E-state index contributed by atoms with van der Waals surface area (Å²) >= 11 is 0. The van der Waals surface area contributed by atoms with E-state index < -0.39 is 31.8 Å². The molecule has 3 rings (SSSR count). The predicted molar refractivity (Wildman–Crippen MR) is 101 cm³/mol. The molecule has 0 bridgehead atoms. The van der Waals surface area contributed by atoms with Crippen LogP contribution in [0.3, 0.4) is 0 Å². The van der Waals surface area contributed by atoms with Crippen LogP contribution in [-0.4, -0.2) is 34.2 Å². The minimum Gasteiger partial charge on any atom is -0.280 e. The fourth-order valence-corrected chi connectivity index (χ4v) is 5.62. The van der Waals surface area contributed by atoms with E-state index in [1.54, 1.807) is 0 Å². The third-order valence-electron chi connectivity index (χ3n) is 4.53. The minimum absolute atomic E-state index is 0.00276. The maximum atomic E-state index is 12.7. The van der Waals surface area contributed by atoms with E-state index in [0.717, 1.165) is 31.4 Å². The molecule has 0 amide bonds. The van der Waals surface area contributed by atoms with Gasteiger partial charge in [0.15, 0.2) is 0 Å².